The molecule has 1 amide bonds. The van der Waals surface area contributed by atoms with Crippen molar-refractivity contribution in [1.82, 2.24) is 9.88 Å². The Morgan fingerprint density at radius 1 is 1.61 bits per heavy atom. The highest BCUT2D eigenvalue weighted by Gasteiger charge is 2.27. The largest absolute Gasteiger partial charge is 0.336 e. The first-order valence-electron chi connectivity index (χ1n) is 6.22. The third kappa shape index (κ3) is 3.00. The van der Waals surface area contributed by atoms with E-state index in [0.29, 0.717) is 18.2 Å². The van der Waals surface area contributed by atoms with Crippen molar-refractivity contribution in [2.45, 2.75) is 38.8 Å². The standard InChI is InChI=1S/C13H19N3O.ClH/c1-2-12-4-3-7-16(12)13(17)10-5-6-15-11(8-10)9-14;/h5-6,8,12H,2-4,7,9,14H2,1H3;1H. The first kappa shape index (κ1) is 14.9. The highest BCUT2D eigenvalue weighted by molar-refractivity contribution is 5.94. The normalized spacial score (nSPS) is 18.6. The predicted molar refractivity (Wildman–Crippen MR) is 73.7 cm³/mol. The molecule has 1 atom stereocenters. The Balaban J connectivity index is 0.00000162. The number of nitrogens with zero attached hydrogens (tertiary/aromatic N) is 2. The molecule has 1 aliphatic heterocycles. The van der Waals surface area contributed by atoms with Gasteiger partial charge in [-0.05, 0) is 31.4 Å². The van der Waals surface area contributed by atoms with E-state index >= 15 is 0 Å². The average Bonchev–Trinajstić information content (AvgIpc) is 2.86. The summed E-state index contributed by atoms with van der Waals surface area (Å²) in [7, 11) is 0. The van der Waals surface area contributed by atoms with E-state index in [1.807, 2.05) is 4.90 Å². The molecule has 0 spiro atoms. The van der Waals surface area contributed by atoms with Gasteiger partial charge in [-0.15, -0.1) is 12.4 Å². The van der Waals surface area contributed by atoms with Gasteiger partial charge in [0.15, 0.2) is 0 Å². The van der Waals surface area contributed by atoms with Crippen LogP contribution in [0.5, 0.6) is 0 Å². The topological polar surface area (TPSA) is 59.2 Å². The van der Waals surface area contributed by atoms with Crippen LogP contribution in [-0.2, 0) is 6.54 Å². The van der Waals surface area contributed by atoms with Crippen molar-refractivity contribution >= 4 is 18.3 Å². The maximum Gasteiger partial charge on any atom is 0.254 e. The fourth-order valence-electron chi connectivity index (χ4n) is 2.42. The van der Waals surface area contributed by atoms with Crippen LogP contribution in [0.1, 0.15) is 42.2 Å². The Kier molecular flexibility index (Phi) is 5.56. The van der Waals surface area contributed by atoms with Gasteiger partial charge in [0.05, 0.1) is 5.69 Å². The highest BCUT2D eigenvalue weighted by Crippen LogP contribution is 2.22. The number of rotatable bonds is 3. The number of likely N-dealkylation sites (tertiary alicyclic amines) is 1. The highest BCUT2D eigenvalue weighted by atomic mass is 35.5. The second-order valence-electron chi connectivity index (χ2n) is 4.44. The molecule has 1 aromatic heterocycles. The van der Waals surface area contributed by atoms with Crippen molar-refractivity contribution in [3.8, 4) is 0 Å². The fraction of sp³-hybridized carbons (Fsp3) is 0.538. The van der Waals surface area contributed by atoms with Gasteiger partial charge in [0.25, 0.3) is 5.91 Å². The lowest BCUT2D eigenvalue weighted by Crippen LogP contribution is -2.35. The second-order valence-corrected chi connectivity index (χ2v) is 4.44. The van der Waals surface area contributed by atoms with E-state index in [9.17, 15) is 4.79 Å². The molecule has 1 aromatic rings. The number of carbonyl (C=O) groups is 1. The van der Waals surface area contributed by atoms with E-state index in [1.165, 1.54) is 0 Å². The van der Waals surface area contributed by atoms with Crippen molar-refractivity contribution in [1.29, 1.82) is 0 Å². The van der Waals surface area contributed by atoms with E-state index in [4.69, 9.17) is 5.73 Å². The van der Waals surface area contributed by atoms with Gasteiger partial charge in [-0.2, -0.15) is 0 Å². The summed E-state index contributed by atoms with van der Waals surface area (Å²) in [6.45, 7) is 3.38. The van der Waals surface area contributed by atoms with Gasteiger partial charge in [-0.1, -0.05) is 6.92 Å². The number of nitrogens with two attached hydrogens (primary N) is 1. The monoisotopic (exact) mass is 269 g/mol. The molecule has 0 bridgehead atoms. The maximum absolute atomic E-state index is 12.3. The maximum atomic E-state index is 12.3. The molecule has 100 valence electrons. The van der Waals surface area contributed by atoms with Gasteiger partial charge in [0.1, 0.15) is 0 Å². The number of pyridine rings is 1. The van der Waals surface area contributed by atoms with E-state index in [2.05, 4.69) is 11.9 Å². The molecule has 5 heteroatoms. The Hall–Kier alpha value is -1.13. The minimum Gasteiger partial charge on any atom is -0.336 e. The zero-order valence-electron chi connectivity index (χ0n) is 10.6. The summed E-state index contributed by atoms with van der Waals surface area (Å²) in [5.74, 6) is 0.117. The van der Waals surface area contributed by atoms with Crippen LogP contribution in [-0.4, -0.2) is 28.4 Å². The van der Waals surface area contributed by atoms with Gasteiger partial charge < -0.3 is 10.6 Å². The molecule has 1 saturated heterocycles. The van der Waals surface area contributed by atoms with E-state index in [1.54, 1.807) is 18.3 Å². The summed E-state index contributed by atoms with van der Waals surface area (Å²) in [5, 5.41) is 0. The van der Waals surface area contributed by atoms with Crippen molar-refractivity contribution < 1.29 is 4.79 Å². The molecule has 1 aliphatic rings. The van der Waals surface area contributed by atoms with Gasteiger partial charge in [0, 0.05) is 30.9 Å². The molecule has 2 heterocycles. The van der Waals surface area contributed by atoms with Crippen LogP contribution in [0.25, 0.3) is 0 Å². The zero-order valence-corrected chi connectivity index (χ0v) is 11.4. The number of aromatic nitrogens is 1. The van der Waals surface area contributed by atoms with Crippen LogP contribution >= 0.6 is 12.4 Å². The lowest BCUT2D eigenvalue weighted by molar-refractivity contribution is 0.0733. The van der Waals surface area contributed by atoms with Crippen molar-refractivity contribution in [2.75, 3.05) is 6.54 Å². The van der Waals surface area contributed by atoms with E-state index in [0.717, 1.165) is 31.5 Å². The second kappa shape index (κ2) is 6.71. The van der Waals surface area contributed by atoms with E-state index in [-0.39, 0.29) is 18.3 Å². The third-order valence-corrected chi connectivity index (χ3v) is 3.38. The minimum atomic E-state index is 0. The smallest absolute Gasteiger partial charge is 0.254 e. The Morgan fingerprint density at radius 2 is 2.39 bits per heavy atom. The van der Waals surface area contributed by atoms with Crippen LogP contribution in [0.2, 0.25) is 0 Å². The van der Waals surface area contributed by atoms with Crippen LogP contribution in [0, 0.1) is 0 Å². The van der Waals surface area contributed by atoms with Crippen molar-refractivity contribution in [3.63, 3.8) is 0 Å². The number of halogens is 1. The Morgan fingerprint density at radius 3 is 3.06 bits per heavy atom. The van der Waals surface area contributed by atoms with Gasteiger partial charge >= 0.3 is 0 Å². The Labute approximate surface area is 114 Å². The fourth-order valence-corrected chi connectivity index (χ4v) is 2.42. The molecule has 0 aliphatic carbocycles. The summed E-state index contributed by atoms with van der Waals surface area (Å²) in [6, 6.07) is 3.97. The van der Waals surface area contributed by atoms with E-state index < -0.39 is 0 Å². The number of amides is 1. The lowest BCUT2D eigenvalue weighted by Gasteiger charge is -2.23. The molecular formula is C13H20ClN3O. The van der Waals surface area contributed by atoms with Crippen molar-refractivity contribution in [2.24, 2.45) is 5.73 Å². The summed E-state index contributed by atoms with van der Waals surface area (Å²) in [4.78, 5) is 18.4. The quantitative estimate of drug-likeness (QED) is 0.913. The van der Waals surface area contributed by atoms with Crippen molar-refractivity contribution in [3.05, 3.63) is 29.6 Å². The van der Waals surface area contributed by atoms with Crippen LogP contribution in [0.4, 0.5) is 0 Å². The van der Waals surface area contributed by atoms with Crippen LogP contribution in [0.3, 0.4) is 0 Å². The molecule has 1 fully saturated rings. The molecular weight excluding hydrogens is 250 g/mol. The average molecular weight is 270 g/mol. The molecule has 4 nitrogen and oxygen atoms in total. The molecule has 18 heavy (non-hydrogen) atoms. The zero-order chi connectivity index (χ0) is 12.3. The van der Waals surface area contributed by atoms with Gasteiger partial charge in [-0.3, -0.25) is 9.78 Å². The lowest BCUT2D eigenvalue weighted by atomic mass is 10.1. The summed E-state index contributed by atoms with van der Waals surface area (Å²) in [5.41, 5.74) is 7.01. The summed E-state index contributed by atoms with van der Waals surface area (Å²) < 4.78 is 0. The predicted octanol–water partition coefficient (Wildman–Crippen LogP) is 1.98. The number of carbonyl (C=O) groups excluding carboxylic acids is 1. The van der Waals surface area contributed by atoms with Gasteiger partial charge in [0.2, 0.25) is 0 Å². The molecule has 0 saturated carbocycles. The number of hydrogen-bond donors (Lipinski definition) is 1. The first-order valence-corrected chi connectivity index (χ1v) is 6.22. The molecule has 2 rings (SSSR count). The third-order valence-electron chi connectivity index (χ3n) is 3.38. The molecule has 1 unspecified atom stereocenters. The molecule has 2 N–H and O–H groups in total. The summed E-state index contributed by atoms with van der Waals surface area (Å²) in [6.07, 6.45) is 4.92. The van der Waals surface area contributed by atoms with Crippen LogP contribution in [0.15, 0.2) is 18.3 Å². The first-order chi connectivity index (χ1) is 8.26. The number of hydrogen-bond acceptors (Lipinski definition) is 3. The van der Waals surface area contributed by atoms with Crippen LogP contribution < -0.4 is 5.73 Å². The Bertz CT molecular complexity index is 411. The SMILES string of the molecule is CCC1CCCN1C(=O)c1ccnc(CN)c1.Cl. The molecule has 0 aromatic carbocycles. The summed E-state index contributed by atoms with van der Waals surface area (Å²) >= 11 is 0. The minimum absolute atomic E-state index is 0. The van der Waals surface area contributed by atoms with Gasteiger partial charge in [-0.25, -0.2) is 0 Å². The molecule has 0 radical (unpaired) electrons.